The average molecular weight is 303 g/mol. The third-order valence-electron chi connectivity index (χ3n) is 4.98. The number of piperidine rings is 1. The molecule has 3 heteroatoms. The maximum atomic E-state index is 6.08. The standard InChI is InChI=1S/C19H29NO2/c1-2-6-16(7-3-1)14-21-18-8-4-5-9-19(18)22-15-17-10-12-20-13-11-17/h4-5,8-9,16-17,20H,1-3,6-7,10-15H2. The Morgan fingerprint density at radius 1 is 0.773 bits per heavy atom. The van der Waals surface area contributed by atoms with Crippen LogP contribution in [0.25, 0.3) is 0 Å². The Morgan fingerprint density at radius 3 is 1.91 bits per heavy atom. The minimum Gasteiger partial charge on any atom is -0.489 e. The summed E-state index contributed by atoms with van der Waals surface area (Å²) in [6.07, 6.45) is 9.18. The molecule has 1 saturated heterocycles. The van der Waals surface area contributed by atoms with Crippen LogP contribution in [0.3, 0.4) is 0 Å². The Labute approximate surface area is 134 Å². The molecule has 0 spiro atoms. The van der Waals surface area contributed by atoms with Gasteiger partial charge in [0.15, 0.2) is 11.5 Å². The van der Waals surface area contributed by atoms with Crippen molar-refractivity contribution in [3.63, 3.8) is 0 Å². The minimum atomic E-state index is 0.674. The first-order valence-corrected chi connectivity index (χ1v) is 8.97. The second kappa shape index (κ2) is 8.42. The van der Waals surface area contributed by atoms with E-state index in [1.807, 2.05) is 24.3 Å². The number of hydrogen-bond donors (Lipinski definition) is 1. The Morgan fingerprint density at radius 2 is 1.32 bits per heavy atom. The summed E-state index contributed by atoms with van der Waals surface area (Å²) in [4.78, 5) is 0. The molecule has 22 heavy (non-hydrogen) atoms. The smallest absolute Gasteiger partial charge is 0.161 e. The van der Waals surface area contributed by atoms with Crippen molar-refractivity contribution in [3.8, 4) is 11.5 Å². The number of para-hydroxylation sites is 2. The molecule has 0 atom stereocenters. The van der Waals surface area contributed by atoms with Crippen LogP contribution >= 0.6 is 0 Å². The van der Waals surface area contributed by atoms with Gasteiger partial charge in [0.1, 0.15) is 0 Å². The predicted molar refractivity (Wildman–Crippen MR) is 89.6 cm³/mol. The van der Waals surface area contributed by atoms with Crippen molar-refractivity contribution in [2.24, 2.45) is 11.8 Å². The van der Waals surface area contributed by atoms with Crippen LogP contribution in [0.15, 0.2) is 24.3 Å². The molecule has 2 aliphatic rings. The van der Waals surface area contributed by atoms with Crippen molar-refractivity contribution < 1.29 is 9.47 Å². The van der Waals surface area contributed by atoms with Crippen molar-refractivity contribution in [2.45, 2.75) is 44.9 Å². The van der Waals surface area contributed by atoms with E-state index < -0.39 is 0 Å². The lowest BCUT2D eigenvalue weighted by Crippen LogP contribution is -2.30. The molecule has 1 N–H and O–H groups in total. The lowest BCUT2D eigenvalue weighted by Gasteiger charge is -2.24. The normalized spacial score (nSPS) is 20.7. The molecule has 1 aromatic carbocycles. The molecule has 2 fully saturated rings. The van der Waals surface area contributed by atoms with Gasteiger partial charge in [0.25, 0.3) is 0 Å². The fraction of sp³-hybridized carbons (Fsp3) is 0.684. The van der Waals surface area contributed by atoms with Crippen molar-refractivity contribution in [1.82, 2.24) is 5.32 Å². The van der Waals surface area contributed by atoms with E-state index >= 15 is 0 Å². The number of hydrogen-bond acceptors (Lipinski definition) is 3. The molecule has 1 saturated carbocycles. The molecule has 0 amide bonds. The third-order valence-corrected chi connectivity index (χ3v) is 4.98. The maximum Gasteiger partial charge on any atom is 0.161 e. The van der Waals surface area contributed by atoms with Crippen molar-refractivity contribution >= 4 is 0 Å². The van der Waals surface area contributed by atoms with Crippen molar-refractivity contribution in [2.75, 3.05) is 26.3 Å². The molecule has 1 heterocycles. The minimum absolute atomic E-state index is 0.674. The summed E-state index contributed by atoms with van der Waals surface area (Å²) in [5.74, 6) is 3.23. The van der Waals surface area contributed by atoms with E-state index in [0.29, 0.717) is 5.92 Å². The number of ether oxygens (including phenoxy) is 2. The highest BCUT2D eigenvalue weighted by Crippen LogP contribution is 2.30. The molecule has 3 rings (SSSR count). The first-order valence-electron chi connectivity index (χ1n) is 8.97. The molecular formula is C19H29NO2. The van der Waals surface area contributed by atoms with Gasteiger partial charge in [0, 0.05) is 0 Å². The fourth-order valence-corrected chi connectivity index (χ4v) is 3.51. The summed E-state index contributed by atoms with van der Waals surface area (Å²) in [6, 6.07) is 8.15. The van der Waals surface area contributed by atoms with Crippen molar-refractivity contribution in [3.05, 3.63) is 24.3 Å². The van der Waals surface area contributed by atoms with Crippen LogP contribution in [0.1, 0.15) is 44.9 Å². The summed E-state index contributed by atoms with van der Waals surface area (Å²) in [5.41, 5.74) is 0. The van der Waals surface area contributed by atoms with Gasteiger partial charge in [-0.15, -0.1) is 0 Å². The second-order valence-corrected chi connectivity index (χ2v) is 6.77. The van der Waals surface area contributed by atoms with Crippen LogP contribution < -0.4 is 14.8 Å². The van der Waals surface area contributed by atoms with E-state index in [1.54, 1.807) is 0 Å². The summed E-state index contributed by atoms with van der Waals surface area (Å²) in [6.45, 7) is 3.89. The van der Waals surface area contributed by atoms with E-state index in [2.05, 4.69) is 5.32 Å². The zero-order valence-corrected chi connectivity index (χ0v) is 13.6. The second-order valence-electron chi connectivity index (χ2n) is 6.77. The van der Waals surface area contributed by atoms with Gasteiger partial charge < -0.3 is 14.8 Å². The van der Waals surface area contributed by atoms with Crippen LogP contribution in [-0.2, 0) is 0 Å². The van der Waals surface area contributed by atoms with Gasteiger partial charge in [-0.25, -0.2) is 0 Å². The maximum absolute atomic E-state index is 6.08. The van der Waals surface area contributed by atoms with Gasteiger partial charge in [-0.2, -0.15) is 0 Å². The molecule has 1 aliphatic carbocycles. The molecule has 0 bridgehead atoms. The van der Waals surface area contributed by atoms with E-state index in [1.165, 1.54) is 44.9 Å². The SMILES string of the molecule is c1ccc(OCC2CCNCC2)c(OCC2CCCCC2)c1. The fourth-order valence-electron chi connectivity index (χ4n) is 3.51. The van der Waals surface area contributed by atoms with Crippen LogP contribution in [0.2, 0.25) is 0 Å². The Bertz CT molecular complexity index is 396. The average Bonchev–Trinajstić information content (AvgIpc) is 2.61. The molecular weight excluding hydrogens is 274 g/mol. The first kappa shape index (κ1) is 15.7. The number of nitrogens with one attached hydrogen (secondary N) is 1. The summed E-state index contributed by atoms with van der Waals surface area (Å²) in [7, 11) is 0. The largest absolute Gasteiger partial charge is 0.489 e. The highest BCUT2D eigenvalue weighted by atomic mass is 16.5. The van der Waals surface area contributed by atoms with Crippen LogP contribution in [0, 0.1) is 11.8 Å². The van der Waals surface area contributed by atoms with Crippen LogP contribution in [0.4, 0.5) is 0 Å². The van der Waals surface area contributed by atoms with E-state index in [9.17, 15) is 0 Å². The van der Waals surface area contributed by atoms with E-state index in [-0.39, 0.29) is 0 Å². The highest BCUT2D eigenvalue weighted by molar-refractivity contribution is 5.39. The van der Waals surface area contributed by atoms with E-state index in [0.717, 1.165) is 43.7 Å². The quantitative estimate of drug-likeness (QED) is 0.861. The molecule has 0 unspecified atom stereocenters. The van der Waals surface area contributed by atoms with Crippen molar-refractivity contribution in [1.29, 1.82) is 0 Å². The lowest BCUT2D eigenvalue weighted by molar-refractivity contribution is 0.182. The molecule has 3 nitrogen and oxygen atoms in total. The third kappa shape index (κ3) is 4.64. The van der Waals surface area contributed by atoms with Gasteiger partial charge in [0.05, 0.1) is 13.2 Å². The molecule has 122 valence electrons. The van der Waals surface area contributed by atoms with Gasteiger partial charge in [-0.3, -0.25) is 0 Å². The zero-order chi connectivity index (χ0) is 15.0. The first-order chi connectivity index (χ1) is 10.9. The molecule has 1 aromatic rings. The van der Waals surface area contributed by atoms with Gasteiger partial charge in [-0.05, 0) is 62.7 Å². The Hall–Kier alpha value is -1.22. The summed E-state index contributed by atoms with van der Waals surface area (Å²) >= 11 is 0. The highest BCUT2D eigenvalue weighted by Gasteiger charge is 2.17. The summed E-state index contributed by atoms with van der Waals surface area (Å²) < 4.78 is 12.1. The number of rotatable bonds is 6. The van der Waals surface area contributed by atoms with Crippen LogP contribution in [0.5, 0.6) is 11.5 Å². The topological polar surface area (TPSA) is 30.5 Å². The van der Waals surface area contributed by atoms with Gasteiger partial charge in [0.2, 0.25) is 0 Å². The zero-order valence-electron chi connectivity index (χ0n) is 13.6. The summed E-state index contributed by atoms with van der Waals surface area (Å²) in [5, 5.41) is 3.40. The monoisotopic (exact) mass is 303 g/mol. The lowest BCUT2D eigenvalue weighted by atomic mass is 9.90. The Kier molecular flexibility index (Phi) is 6.00. The number of benzene rings is 1. The van der Waals surface area contributed by atoms with E-state index in [4.69, 9.17) is 9.47 Å². The molecule has 0 radical (unpaired) electrons. The van der Waals surface area contributed by atoms with Gasteiger partial charge in [-0.1, -0.05) is 31.4 Å². The molecule has 0 aromatic heterocycles. The van der Waals surface area contributed by atoms with Crippen LogP contribution in [-0.4, -0.2) is 26.3 Å². The Balaban J connectivity index is 1.50. The predicted octanol–water partition coefficient (Wildman–Crippen LogP) is 4.02. The molecule has 1 aliphatic heterocycles. The van der Waals surface area contributed by atoms with Gasteiger partial charge >= 0.3 is 0 Å².